The highest BCUT2D eigenvalue weighted by atomic mass is 79.9. The Morgan fingerprint density at radius 1 is 1.43 bits per heavy atom. The fourth-order valence-corrected chi connectivity index (χ4v) is 1.90. The van der Waals surface area contributed by atoms with E-state index in [9.17, 15) is 0 Å². The molecule has 0 aromatic heterocycles. The van der Waals surface area contributed by atoms with Crippen LogP contribution < -0.4 is 0 Å². The molecule has 0 aliphatic heterocycles. The van der Waals surface area contributed by atoms with E-state index >= 15 is 0 Å². The van der Waals surface area contributed by atoms with E-state index < -0.39 is 0 Å². The lowest BCUT2D eigenvalue weighted by Gasteiger charge is -2.12. The SMILES string of the molecule is N#CC(=C=[N-])C(CBr)c1ccccc1. The first-order valence-corrected chi connectivity index (χ1v) is 5.23. The molecule has 0 radical (unpaired) electrons. The second-order valence-electron chi connectivity index (χ2n) is 2.75. The van der Waals surface area contributed by atoms with Crippen LogP contribution in [0.2, 0.25) is 0 Å². The van der Waals surface area contributed by atoms with E-state index in [-0.39, 0.29) is 11.5 Å². The van der Waals surface area contributed by atoms with Gasteiger partial charge in [0.2, 0.25) is 0 Å². The quantitative estimate of drug-likeness (QED) is 0.461. The van der Waals surface area contributed by atoms with E-state index in [0.29, 0.717) is 5.33 Å². The van der Waals surface area contributed by atoms with Crippen molar-refractivity contribution in [1.82, 2.24) is 0 Å². The van der Waals surface area contributed by atoms with Crippen molar-refractivity contribution in [2.45, 2.75) is 5.92 Å². The maximum Gasteiger partial charge on any atom is 0.102 e. The smallest absolute Gasteiger partial charge is 0.102 e. The highest BCUT2D eigenvalue weighted by Gasteiger charge is 2.13. The molecular weight excluding hydrogens is 240 g/mol. The van der Waals surface area contributed by atoms with Gasteiger partial charge in [-0.15, -0.1) is 0 Å². The molecule has 0 heterocycles. The summed E-state index contributed by atoms with van der Waals surface area (Å²) in [4.78, 5) is 0. The van der Waals surface area contributed by atoms with Crippen LogP contribution in [-0.2, 0) is 0 Å². The standard InChI is InChI=1S/C11H8BrN2/c12-6-11(10(7-13)8-14)9-4-2-1-3-5-9/h1-5,11H,6H2/q-1. The maximum atomic E-state index is 8.76. The number of nitrogens with zero attached hydrogens (tertiary/aromatic N) is 2. The average molecular weight is 248 g/mol. The van der Waals surface area contributed by atoms with E-state index in [2.05, 4.69) is 15.9 Å². The summed E-state index contributed by atoms with van der Waals surface area (Å²) in [5.41, 5.74) is 1.23. The third kappa shape index (κ3) is 2.32. The number of hydrogen-bond acceptors (Lipinski definition) is 1. The Bertz CT molecular complexity index is 385. The molecule has 1 rings (SSSR count). The van der Waals surface area contributed by atoms with Crippen LogP contribution in [0.1, 0.15) is 11.5 Å². The number of allylic oxidation sites excluding steroid dienone is 1. The van der Waals surface area contributed by atoms with Crippen LogP contribution in [0.3, 0.4) is 0 Å². The van der Waals surface area contributed by atoms with Gasteiger partial charge in [0.05, 0.1) is 5.57 Å². The highest BCUT2D eigenvalue weighted by molar-refractivity contribution is 9.09. The number of nitriles is 1. The first kappa shape index (κ1) is 10.7. The summed E-state index contributed by atoms with van der Waals surface area (Å²) in [6.07, 6.45) is 0. The van der Waals surface area contributed by atoms with Crippen molar-refractivity contribution in [2.24, 2.45) is 0 Å². The van der Waals surface area contributed by atoms with Gasteiger partial charge < -0.3 is 5.41 Å². The fourth-order valence-electron chi connectivity index (χ4n) is 1.20. The molecule has 1 atom stereocenters. The van der Waals surface area contributed by atoms with Gasteiger partial charge in [0.1, 0.15) is 6.07 Å². The average Bonchev–Trinajstić information content (AvgIpc) is 2.27. The minimum Gasteiger partial charge on any atom is -0.762 e. The molecule has 1 aromatic rings. The van der Waals surface area contributed by atoms with E-state index in [0.717, 1.165) is 5.56 Å². The molecule has 0 aliphatic rings. The van der Waals surface area contributed by atoms with Gasteiger partial charge in [0.25, 0.3) is 0 Å². The predicted octanol–water partition coefficient (Wildman–Crippen LogP) is 2.85. The molecule has 14 heavy (non-hydrogen) atoms. The number of benzene rings is 1. The molecule has 0 spiro atoms. The van der Waals surface area contributed by atoms with E-state index in [1.54, 1.807) is 0 Å². The van der Waals surface area contributed by atoms with Crippen LogP contribution in [0.5, 0.6) is 0 Å². The van der Waals surface area contributed by atoms with Crippen molar-refractivity contribution >= 4 is 21.8 Å². The molecular formula is C11H8BrN2-. The Hall–Kier alpha value is -1.36. The Morgan fingerprint density at radius 3 is 2.50 bits per heavy atom. The van der Waals surface area contributed by atoms with E-state index in [4.69, 9.17) is 10.7 Å². The third-order valence-corrected chi connectivity index (χ3v) is 2.59. The second kappa shape index (κ2) is 5.39. The minimum absolute atomic E-state index is 0.133. The summed E-state index contributed by atoms with van der Waals surface area (Å²) in [6, 6.07) is 11.5. The van der Waals surface area contributed by atoms with Gasteiger partial charge >= 0.3 is 0 Å². The van der Waals surface area contributed by atoms with Crippen LogP contribution in [-0.4, -0.2) is 11.2 Å². The molecule has 0 saturated carbocycles. The van der Waals surface area contributed by atoms with Crippen molar-refractivity contribution in [3.63, 3.8) is 0 Å². The summed E-state index contributed by atoms with van der Waals surface area (Å²) in [7, 11) is 0. The zero-order valence-electron chi connectivity index (χ0n) is 7.44. The molecule has 0 aliphatic carbocycles. The number of hydrogen-bond donors (Lipinski definition) is 0. The van der Waals surface area contributed by atoms with Crippen molar-refractivity contribution in [3.05, 3.63) is 46.9 Å². The van der Waals surface area contributed by atoms with Crippen LogP contribution in [0.25, 0.3) is 5.41 Å². The first-order chi connectivity index (χ1) is 6.83. The largest absolute Gasteiger partial charge is 0.762 e. The third-order valence-electron chi connectivity index (χ3n) is 1.95. The molecule has 1 aromatic carbocycles. The summed E-state index contributed by atoms with van der Waals surface area (Å²) < 4.78 is 0. The molecule has 0 bridgehead atoms. The van der Waals surface area contributed by atoms with Gasteiger partial charge in [0.15, 0.2) is 0 Å². The molecule has 3 heteroatoms. The molecule has 2 nitrogen and oxygen atoms in total. The second-order valence-corrected chi connectivity index (χ2v) is 3.40. The number of alkyl halides is 1. The van der Waals surface area contributed by atoms with Crippen molar-refractivity contribution in [1.29, 1.82) is 5.26 Å². The van der Waals surface area contributed by atoms with Gasteiger partial charge in [-0.05, 0) is 5.56 Å². The van der Waals surface area contributed by atoms with E-state index in [1.807, 2.05) is 42.3 Å². The molecule has 1 unspecified atom stereocenters. The Balaban J connectivity index is 3.06. The van der Waals surface area contributed by atoms with Gasteiger partial charge in [-0.3, -0.25) is 5.87 Å². The summed E-state index contributed by atoms with van der Waals surface area (Å²) >= 11 is 3.31. The summed E-state index contributed by atoms with van der Waals surface area (Å²) in [6.45, 7) is 0. The molecule has 0 N–H and O–H groups in total. The van der Waals surface area contributed by atoms with Gasteiger partial charge in [0, 0.05) is 11.2 Å². The Kier molecular flexibility index (Phi) is 4.12. The summed E-state index contributed by atoms with van der Waals surface area (Å²) in [5.74, 6) is 1.79. The lowest BCUT2D eigenvalue weighted by atomic mass is 9.95. The lowest BCUT2D eigenvalue weighted by Crippen LogP contribution is -2.03. The monoisotopic (exact) mass is 247 g/mol. The number of rotatable bonds is 3. The van der Waals surface area contributed by atoms with Crippen molar-refractivity contribution < 1.29 is 0 Å². The predicted molar refractivity (Wildman–Crippen MR) is 60.5 cm³/mol. The minimum atomic E-state index is -0.133. The fraction of sp³-hybridized carbons (Fsp3) is 0.182. The normalized spacial score (nSPS) is 11.1. The first-order valence-electron chi connectivity index (χ1n) is 4.11. The maximum absolute atomic E-state index is 8.76. The Labute approximate surface area is 91.5 Å². The van der Waals surface area contributed by atoms with Crippen LogP contribution in [0.15, 0.2) is 35.9 Å². The van der Waals surface area contributed by atoms with Crippen molar-refractivity contribution in [2.75, 3.05) is 5.33 Å². The van der Waals surface area contributed by atoms with Crippen molar-refractivity contribution in [3.8, 4) is 6.07 Å². The zero-order valence-corrected chi connectivity index (χ0v) is 9.03. The molecule has 0 amide bonds. The van der Waals surface area contributed by atoms with Gasteiger partial charge in [-0.2, -0.15) is 5.26 Å². The topological polar surface area (TPSA) is 46.1 Å². The van der Waals surface area contributed by atoms with Gasteiger partial charge in [-0.25, -0.2) is 0 Å². The van der Waals surface area contributed by atoms with Crippen LogP contribution in [0, 0.1) is 11.3 Å². The number of halogens is 1. The molecule has 0 saturated heterocycles. The lowest BCUT2D eigenvalue weighted by molar-refractivity contribution is 0.960. The summed E-state index contributed by atoms with van der Waals surface area (Å²) in [5, 5.41) is 18.1. The zero-order chi connectivity index (χ0) is 10.4. The highest BCUT2D eigenvalue weighted by Crippen LogP contribution is 2.23. The van der Waals surface area contributed by atoms with Gasteiger partial charge in [-0.1, -0.05) is 46.3 Å². The molecule has 0 fully saturated rings. The molecule has 70 valence electrons. The van der Waals surface area contributed by atoms with Crippen LogP contribution in [0.4, 0.5) is 0 Å². The van der Waals surface area contributed by atoms with E-state index in [1.165, 1.54) is 0 Å². The van der Waals surface area contributed by atoms with Crippen LogP contribution >= 0.6 is 15.9 Å². The Morgan fingerprint density at radius 2 is 2.07 bits per heavy atom.